The van der Waals surface area contributed by atoms with Gasteiger partial charge in [-0.05, 0) is 20.4 Å². The molecule has 0 aromatic carbocycles. The number of hydrogen-bond acceptors (Lipinski definition) is 1. The molecule has 10 heavy (non-hydrogen) atoms. The van der Waals surface area contributed by atoms with Crippen LogP contribution in [0.2, 0.25) is 0 Å². The van der Waals surface area contributed by atoms with E-state index in [0.29, 0.717) is 0 Å². The van der Waals surface area contributed by atoms with Gasteiger partial charge in [-0.1, -0.05) is 6.92 Å². The maximum atomic E-state index is 11.7. The van der Waals surface area contributed by atoms with Crippen LogP contribution in [-0.4, -0.2) is 31.0 Å². The highest BCUT2D eigenvalue weighted by atomic mass is 19.3. The van der Waals surface area contributed by atoms with E-state index < -0.39 is 6.43 Å². The minimum Gasteiger partial charge on any atom is -0.298 e. The van der Waals surface area contributed by atoms with E-state index in [0.717, 1.165) is 6.42 Å². The van der Waals surface area contributed by atoms with Gasteiger partial charge in [0.05, 0.1) is 6.54 Å². The van der Waals surface area contributed by atoms with E-state index in [1.165, 1.54) is 0 Å². The number of alkyl halides is 2. The van der Waals surface area contributed by atoms with E-state index in [2.05, 4.69) is 0 Å². The fourth-order valence-electron chi connectivity index (χ4n) is 0.709. The van der Waals surface area contributed by atoms with Crippen molar-refractivity contribution in [2.24, 2.45) is 0 Å². The second-order valence-electron chi connectivity index (χ2n) is 2.59. The third kappa shape index (κ3) is 3.77. The molecule has 1 atom stereocenters. The molecular weight excluding hydrogens is 136 g/mol. The summed E-state index contributed by atoms with van der Waals surface area (Å²) in [6.07, 6.45) is -1.29. The van der Waals surface area contributed by atoms with E-state index in [-0.39, 0.29) is 12.6 Å². The van der Waals surface area contributed by atoms with E-state index in [9.17, 15) is 8.78 Å². The van der Waals surface area contributed by atoms with Gasteiger partial charge < -0.3 is 0 Å². The molecule has 0 aliphatic rings. The molecule has 0 aliphatic carbocycles. The van der Waals surface area contributed by atoms with Gasteiger partial charge in [0.25, 0.3) is 6.43 Å². The number of halogens is 2. The van der Waals surface area contributed by atoms with Crippen molar-refractivity contribution < 1.29 is 8.78 Å². The Balaban J connectivity index is 3.50. The Morgan fingerprint density at radius 3 is 2.20 bits per heavy atom. The SMILES string of the molecule is CCC(C)N(C)CC(F)F. The van der Waals surface area contributed by atoms with Crippen molar-refractivity contribution in [2.75, 3.05) is 13.6 Å². The summed E-state index contributed by atoms with van der Waals surface area (Å²) < 4.78 is 23.5. The largest absolute Gasteiger partial charge is 0.298 e. The van der Waals surface area contributed by atoms with Crippen LogP contribution in [0.25, 0.3) is 0 Å². The lowest BCUT2D eigenvalue weighted by Crippen LogP contribution is -2.32. The summed E-state index contributed by atoms with van der Waals surface area (Å²) >= 11 is 0. The van der Waals surface area contributed by atoms with Crippen LogP contribution in [0.3, 0.4) is 0 Å². The van der Waals surface area contributed by atoms with Gasteiger partial charge in [-0.15, -0.1) is 0 Å². The molecule has 0 radical (unpaired) electrons. The topological polar surface area (TPSA) is 3.24 Å². The van der Waals surface area contributed by atoms with Crippen molar-refractivity contribution in [1.29, 1.82) is 0 Å². The Kier molecular flexibility index (Phi) is 4.52. The molecule has 1 nitrogen and oxygen atoms in total. The minimum absolute atomic E-state index is 0.116. The fraction of sp³-hybridized carbons (Fsp3) is 1.00. The molecule has 62 valence electrons. The zero-order chi connectivity index (χ0) is 8.15. The van der Waals surface area contributed by atoms with Crippen LogP contribution in [-0.2, 0) is 0 Å². The Morgan fingerprint density at radius 1 is 1.40 bits per heavy atom. The molecule has 0 spiro atoms. The van der Waals surface area contributed by atoms with Crippen LogP contribution in [0.15, 0.2) is 0 Å². The van der Waals surface area contributed by atoms with Crippen LogP contribution in [0.4, 0.5) is 8.78 Å². The van der Waals surface area contributed by atoms with Gasteiger partial charge in [-0.3, -0.25) is 4.90 Å². The van der Waals surface area contributed by atoms with Crippen molar-refractivity contribution in [1.82, 2.24) is 4.90 Å². The monoisotopic (exact) mass is 151 g/mol. The fourth-order valence-corrected chi connectivity index (χ4v) is 0.709. The molecule has 0 heterocycles. The quantitative estimate of drug-likeness (QED) is 0.594. The van der Waals surface area contributed by atoms with Gasteiger partial charge in [0, 0.05) is 6.04 Å². The highest BCUT2D eigenvalue weighted by Crippen LogP contribution is 2.03. The van der Waals surface area contributed by atoms with Crippen molar-refractivity contribution >= 4 is 0 Å². The van der Waals surface area contributed by atoms with Gasteiger partial charge in [0.1, 0.15) is 0 Å². The molecule has 0 amide bonds. The molecule has 0 aromatic rings. The van der Waals surface area contributed by atoms with Gasteiger partial charge in [0.2, 0.25) is 0 Å². The zero-order valence-electron chi connectivity index (χ0n) is 6.77. The maximum Gasteiger partial charge on any atom is 0.251 e. The van der Waals surface area contributed by atoms with Gasteiger partial charge in [-0.25, -0.2) is 8.78 Å². The van der Waals surface area contributed by atoms with Gasteiger partial charge in [-0.2, -0.15) is 0 Å². The van der Waals surface area contributed by atoms with E-state index in [4.69, 9.17) is 0 Å². The first kappa shape index (κ1) is 9.82. The molecule has 0 fully saturated rings. The average molecular weight is 151 g/mol. The molecule has 0 bridgehead atoms. The molecule has 3 heteroatoms. The van der Waals surface area contributed by atoms with Crippen molar-refractivity contribution in [2.45, 2.75) is 32.7 Å². The summed E-state index contributed by atoms with van der Waals surface area (Å²) in [5.41, 5.74) is 0. The van der Waals surface area contributed by atoms with E-state index in [1.54, 1.807) is 11.9 Å². The Labute approximate surface area is 61.0 Å². The summed E-state index contributed by atoms with van der Waals surface area (Å²) in [7, 11) is 1.72. The van der Waals surface area contributed by atoms with Crippen LogP contribution in [0.5, 0.6) is 0 Å². The van der Waals surface area contributed by atoms with Crippen LogP contribution in [0.1, 0.15) is 20.3 Å². The van der Waals surface area contributed by atoms with Crippen molar-refractivity contribution in [3.8, 4) is 0 Å². The molecule has 0 saturated carbocycles. The second-order valence-corrected chi connectivity index (χ2v) is 2.59. The maximum absolute atomic E-state index is 11.7. The number of nitrogens with zero attached hydrogens (tertiary/aromatic N) is 1. The van der Waals surface area contributed by atoms with E-state index in [1.807, 2.05) is 13.8 Å². The summed E-state index contributed by atoms with van der Waals surface area (Å²) in [5, 5.41) is 0. The standard InChI is InChI=1S/C7H15F2N/c1-4-6(2)10(3)5-7(8)9/h6-7H,4-5H2,1-3H3. The Morgan fingerprint density at radius 2 is 1.90 bits per heavy atom. The van der Waals surface area contributed by atoms with Crippen LogP contribution in [0, 0.1) is 0 Å². The molecular formula is C7H15F2N. The third-order valence-electron chi connectivity index (χ3n) is 1.77. The van der Waals surface area contributed by atoms with Crippen molar-refractivity contribution in [3.63, 3.8) is 0 Å². The minimum atomic E-state index is -2.21. The van der Waals surface area contributed by atoms with Crippen LogP contribution < -0.4 is 0 Å². The lowest BCUT2D eigenvalue weighted by molar-refractivity contribution is 0.0835. The Hall–Kier alpha value is -0.180. The Bertz CT molecular complexity index is 85.7. The average Bonchev–Trinajstić information content (AvgIpc) is 1.85. The molecule has 0 aliphatic heterocycles. The lowest BCUT2D eigenvalue weighted by Gasteiger charge is -2.22. The lowest BCUT2D eigenvalue weighted by atomic mass is 10.2. The predicted molar refractivity (Wildman–Crippen MR) is 38.4 cm³/mol. The molecule has 0 aromatic heterocycles. The molecule has 1 unspecified atom stereocenters. The predicted octanol–water partition coefficient (Wildman–Crippen LogP) is 1.98. The molecule has 0 saturated heterocycles. The first-order valence-corrected chi connectivity index (χ1v) is 3.56. The first-order chi connectivity index (χ1) is 4.57. The van der Waals surface area contributed by atoms with E-state index >= 15 is 0 Å². The van der Waals surface area contributed by atoms with Gasteiger partial charge in [0.15, 0.2) is 0 Å². The zero-order valence-corrected chi connectivity index (χ0v) is 6.77. The summed E-state index contributed by atoms with van der Waals surface area (Å²) in [5.74, 6) is 0. The molecule has 0 rings (SSSR count). The van der Waals surface area contributed by atoms with Gasteiger partial charge >= 0.3 is 0 Å². The number of rotatable bonds is 4. The molecule has 0 N–H and O–H groups in total. The summed E-state index contributed by atoms with van der Waals surface area (Å²) in [6, 6.07) is 0.258. The normalized spacial score (nSPS) is 14.7. The first-order valence-electron chi connectivity index (χ1n) is 3.56. The summed E-state index contributed by atoms with van der Waals surface area (Å²) in [4.78, 5) is 1.67. The smallest absolute Gasteiger partial charge is 0.251 e. The highest BCUT2D eigenvalue weighted by molar-refractivity contribution is 4.61. The highest BCUT2D eigenvalue weighted by Gasteiger charge is 2.11. The summed E-state index contributed by atoms with van der Waals surface area (Å²) in [6.45, 7) is 3.82. The third-order valence-corrected chi connectivity index (χ3v) is 1.77. The van der Waals surface area contributed by atoms with Crippen LogP contribution >= 0.6 is 0 Å². The second kappa shape index (κ2) is 4.61. The number of hydrogen-bond donors (Lipinski definition) is 0. The van der Waals surface area contributed by atoms with Crippen molar-refractivity contribution in [3.05, 3.63) is 0 Å².